The normalized spacial score (nSPS) is 16.4. The first kappa shape index (κ1) is 15.3. The predicted octanol–water partition coefficient (Wildman–Crippen LogP) is 3.58. The van der Waals surface area contributed by atoms with Crippen molar-refractivity contribution in [2.45, 2.75) is 65.0 Å². The number of nitrogens with zero attached hydrogens (tertiary/aromatic N) is 1. The van der Waals surface area contributed by atoms with Crippen molar-refractivity contribution in [2.75, 3.05) is 6.54 Å². The highest BCUT2D eigenvalue weighted by Crippen LogP contribution is 2.34. The van der Waals surface area contributed by atoms with E-state index in [1.165, 1.54) is 31.2 Å². The zero-order valence-electron chi connectivity index (χ0n) is 13.1. The Morgan fingerprint density at radius 3 is 2.80 bits per heavy atom. The Hall–Kier alpha value is -1.09. The summed E-state index contributed by atoms with van der Waals surface area (Å²) < 4.78 is 5.71. The van der Waals surface area contributed by atoms with Crippen LogP contribution in [0.2, 0.25) is 0 Å². The van der Waals surface area contributed by atoms with Gasteiger partial charge in [0.2, 0.25) is 0 Å². The molecule has 1 aromatic heterocycles. The molecule has 1 unspecified atom stereocenters. The minimum absolute atomic E-state index is 0.206. The first-order valence-corrected chi connectivity index (χ1v) is 8.03. The van der Waals surface area contributed by atoms with Gasteiger partial charge in [0.05, 0.1) is 12.3 Å². The molecule has 1 aliphatic rings. The Kier molecular flexibility index (Phi) is 5.84. The molecule has 0 bridgehead atoms. The smallest absolute Gasteiger partial charge is 0.138 e. The largest absolute Gasteiger partial charge is 0.489 e. The van der Waals surface area contributed by atoms with E-state index < -0.39 is 0 Å². The summed E-state index contributed by atoms with van der Waals surface area (Å²) in [5, 5.41) is 3.70. The molecule has 0 radical (unpaired) electrons. The summed E-state index contributed by atoms with van der Waals surface area (Å²) >= 11 is 0. The van der Waals surface area contributed by atoms with E-state index in [0.717, 1.165) is 24.6 Å². The van der Waals surface area contributed by atoms with E-state index in [2.05, 4.69) is 23.3 Å². The molecular weight excluding hydrogens is 248 g/mol. The average Bonchev–Trinajstić information content (AvgIpc) is 3.23. The molecule has 3 nitrogen and oxygen atoms in total. The topological polar surface area (TPSA) is 34.2 Å². The number of hydrogen-bond acceptors (Lipinski definition) is 3. The van der Waals surface area contributed by atoms with Crippen LogP contribution < -0.4 is 10.1 Å². The summed E-state index contributed by atoms with van der Waals surface area (Å²) in [5.74, 6) is 1.80. The molecule has 1 aliphatic carbocycles. The van der Waals surface area contributed by atoms with Gasteiger partial charge in [-0.05, 0) is 70.0 Å². The van der Waals surface area contributed by atoms with E-state index in [0.29, 0.717) is 6.04 Å². The van der Waals surface area contributed by atoms with Gasteiger partial charge in [-0.1, -0.05) is 6.92 Å². The SMILES string of the molecule is CCCNC(CCc1cncc(OC(C)C)c1)C1CC1. The summed E-state index contributed by atoms with van der Waals surface area (Å²) in [7, 11) is 0. The van der Waals surface area contributed by atoms with Gasteiger partial charge in [-0.15, -0.1) is 0 Å². The van der Waals surface area contributed by atoms with Gasteiger partial charge < -0.3 is 10.1 Å². The maximum Gasteiger partial charge on any atom is 0.138 e. The Bertz CT molecular complexity index is 402. The standard InChI is InChI=1S/C17H28N2O/c1-4-9-19-17(15-6-7-15)8-5-14-10-16(12-18-11-14)20-13(2)3/h10-13,15,17,19H,4-9H2,1-3H3. The molecule has 0 saturated heterocycles. The maximum absolute atomic E-state index is 5.71. The number of aryl methyl sites for hydroxylation is 1. The molecular formula is C17H28N2O. The van der Waals surface area contributed by atoms with E-state index >= 15 is 0 Å². The Balaban J connectivity index is 1.85. The molecule has 0 aromatic carbocycles. The monoisotopic (exact) mass is 276 g/mol. The average molecular weight is 276 g/mol. The fourth-order valence-electron chi connectivity index (χ4n) is 2.59. The Morgan fingerprint density at radius 1 is 1.35 bits per heavy atom. The van der Waals surface area contributed by atoms with Gasteiger partial charge in [-0.3, -0.25) is 4.98 Å². The Labute approximate surface area is 123 Å². The molecule has 1 heterocycles. The first-order chi connectivity index (χ1) is 9.69. The lowest BCUT2D eigenvalue weighted by Crippen LogP contribution is -2.32. The molecule has 1 atom stereocenters. The van der Waals surface area contributed by atoms with E-state index in [1.54, 1.807) is 6.20 Å². The van der Waals surface area contributed by atoms with Gasteiger partial charge in [0.25, 0.3) is 0 Å². The minimum Gasteiger partial charge on any atom is -0.489 e. The third-order valence-corrected chi connectivity index (χ3v) is 3.73. The van der Waals surface area contributed by atoms with Gasteiger partial charge in [0.15, 0.2) is 0 Å². The quantitative estimate of drug-likeness (QED) is 0.748. The second kappa shape index (κ2) is 7.63. The van der Waals surface area contributed by atoms with E-state index in [1.807, 2.05) is 20.0 Å². The van der Waals surface area contributed by atoms with Crippen molar-refractivity contribution in [3.8, 4) is 5.75 Å². The first-order valence-electron chi connectivity index (χ1n) is 8.03. The molecule has 1 aromatic rings. The summed E-state index contributed by atoms with van der Waals surface area (Å²) in [6, 6.07) is 2.82. The number of rotatable bonds is 9. The molecule has 0 spiro atoms. The van der Waals surface area contributed by atoms with Crippen molar-refractivity contribution in [3.63, 3.8) is 0 Å². The number of aromatic nitrogens is 1. The summed E-state index contributed by atoms with van der Waals surface area (Å²) in [6.07, 6.45) is 10.3. The van der Waals surface area contributed by atoms with Gasteiger partial charge >= 0.3 is 0 Å². The van der Waals surface area contributed by atoms with Crippen LogP contribution in [0.25, 0.3) is 0 Å². The van der Waals surface area contributed by atoms with Gasteiger partial charge in [0.1, 0.15) is 5.75 Å². The van der Waals surface area contributed by atoms with Gasteiger partial charge in [-0.25, -0.2) is 0 Å². The fourth-order valence-corrected chi connectivity index (χ4v) is 2.59. The predicted molar refractivity (Wildman–Crippen MR) is 83.1 cm³/mol. The lowest BCUT2D eigenvalue weighted by atomic mass is 10.0. The number of hydrogen-bond donors (Lipinski definition) is 1. The van der Waals surface area contributed by atoms with Crippen LogP contribution in [0.4, 0.5) is 0 Å². The van der Waals surface area contributed by atoms with Crippen LogP contribution in [-0.4, -0.2) is 23.7 Å². The zero-order valence-corrected chi connectivity index (χ0v) is 13.1. The third kappa shape index (κ3) is 5.12. The summed E-state index contributed by atoms with van der Waals surface area (Å²) in [6.45, 7) is 7.46. The number of pyridine rings is 1. The highest BCUT2D eigenvalue weighted by molar-refractivity contribution is 5.24. The van der Waals surface area contributed by atoms with E-state index in [-0.39, 0.29) is 6.10 Å². The van der Waals surface area contributed by atoms with Gasteiger partial charge in [0, 0.05) is 12.2 Å². The van der Waals surface area contributed by atoms with Crippen LogP contribution in [0.5, 0.6) is 5.75 Å². The fraction of sp³-hybridized carbons (Fsp3) is 0.706. The molecule has 20 heavy (non-hydrogen) atoms. The van der Waals surface area contributed by atoms with Crippen molar-refractivity contribution in [3.05, 3.63) is 24.0 Å². The molecule has 1 N–H and O–H groups in total. The number of nitrogens with one attached hydrogen (secondary N) is 1. The molecule has 1 fully saturated rings. The van der Waals surface area contributed by atoms with Crippen LogP contribution in [0.3, 0.4) is 0 Å². The summed E-state index contributed by atoms with van der Waals surface area (Å²) in [5.41, 5.74) is 1.28. The second-order valence-corrected chi connectivity index (χ2v) is 6.13. The van der Waals surface area contributed by atoms with Crippen molar-refractivity contribution >= 4 is 0 Å². The van der Waals surface area contributed by atoms with Crippen molar-refractivity contribution < 1.29 is 4.74 Å². The minimum atomic E-state index is 0.206. The molecule has 2 rings (SSSR count). The molecule has 1 saturated carbocycles. The summed E-state index contributed by atoms with van der Waals surface area (Å²) in [4.78, 5) is 4.29. The lowest BCUT2D eigenvalue weighted by molar-refractivity contribution is 0.241. The maximum atomic E-state index is 5.71. The lowest BCUT2D eigenvalue weighted by Gasteiger charge is -2.18. The van der Waals surface area contributed by atoms with Crippen molar-refractivity contribution in [1.29, 1.82) is 0 Å². The van der Waals surface area contributed by atoms with Crippen molar-refractivity contribution in [2.24, 2.45) is 5.92 Å². The van der Waals surface area contributed by atoms with Gasteiger partial charge in [-0.2, -0.15) is 0 Å². The van der Waals surface area contributed by atoms with Crippen LogP contribution in [0, 0.1) is 5.92 Å². The van der Waals surface area contributed by atoms with E-state index in [9.17, 15) is 0 Å². The van der Waals surface area contributed by atoms with E-state index in [4.69, 9.17) is 4.74 Å². The molecule has 0 amide bonds. The Morgan fingerprint density at radius 2 is 2.15 bits per heavy atom. The molecule has 3 heteroatoms. The second-order valence-electron chi connectivity index (χ2n) is 6.13. The highest BCUT2D eigenvalue weighted by Gasteiger charge is 2.30. The molecule has 112 valence electrons. The highest BCUT2D eigenvalue weighted by atomic mass is 16.5. The zero-order chi connectivity index (χ0) is 14.4. The molecule has 0 aliphatic heterocycles. The number of ether oxygens (including phenoxy) is 1. The van der Waals surface area contributed by atoms with Crippen LogP contribution in [0.1, 0.15) is 52.0 Å². The van der Waals surface area contributed by atoms with Crippen LogP contribution >= 0.6 is 0 Å². The van der Waals surface area contributed by atoms with Crippen LogP contribution in [-0.2, 0) is 6.42 Å². The van der Waals surface area contributed by atoms with Crippen LogP contribution in [0.15, 0.2) is 18.5 Å². The van der Waals surface area contributed by atoms with Crippen molar-refractivity contribution in [1.82, 2.24) is 10.3 Å². The third-order valence-electron chi connectivity index (χ3n) is 3.73.